The van der Waals surface area contributed by atoms with Gasteiger partial charge in [0.2, 0.25) is 0 Å². The molecule has 10 heteroatoms. The second-order valence-corrected chi connectivity index (χ2v) is 6.79. The fraction of sp³-hybridized carbons (Fsp3) is 0.467. The fourth-order valence-corrected chi connectivity index (χ4v) is 3.30. The third-order valence-electron chi connectivity index (χ3n) is 3.88. The van der Waals surface area contributed by atoms with Gasteiger partial charge in [0, 0.05) is 5.69 Å². The molecule has 1 saturated heterocycles. The lowest BCUT2D eigenvalue weighted by Crippen LogP contribution is -2.51. The van der Waals surface area contributed by atoms with Gasteiger partial charge in [0.25, 0.3) is 5.91 Å². The molecular weight excluding hydrogens is 387 g/mol. The van der Waals surface area contributed by atoms with Gasteiger partial charge in [-0.2, -0.15) is 13.2 Å². The largest absolute Gasteiger partial charge is 0.471 e. The zero-order valence-electron chi connectivity index (χ0n) is 13.4. The predicted octanol–water partition coefficient (Wildman–Crippen LogP) is 4.24. The molecule has 0 saturated carbocycles. The molecule has 1 heterocycles. The Kier molecular flexibility index (Phi) is 5.26. The number of carbonyl (C=O) groups excluding carboxylic acids is 2. The molecule has 25 heavy (non-hydrogen) atoms. The second-order valence-electron chi connectivity index (χ2n) is 5.98. The molecule has 0 unspecified atom stereocenters. The third kappa shape index (κ3) is 3.42. The summed E-state index contributed by atoms with van der Waals surface area (Å²) >= 11 is 11.4. The average molecular weight is 401 g/mol. The highest BCUT2D eigenvalue weighted by molar-refractivity contribution is 6.35. The van der Waals surface area contributed by atoms with Gasteiger partial charge >= 0.3 is 12.1 Å². The van der Waals surface area contributed by atoms with E-state index in [9.17, 15) is 27.2 Å². The summed E-state index contributed by atoms with van der Waals surface area (Å²) in [5.41, 5.74) is 0.0180. The normalized spacial score (nSPS) is 21.4. The molecule has 1 aliphatic heterocycles. The molecule has 4 nitrogen and oxygen atoms in total. The van der Waals surface area contributed by atoms with Crippen LogP contribution in [-0.2, 0) is 9.59 Å². The van der Waals surface area contributed by atoms with E-state index in [0.29, 0.717) is 4.90 Å². The van der Waals surface area contributed by atoms with Crippen LogP contribution >= 0.6 is 23.2 Å². The molecule has 2 atom stereocenters. The number of amides is 2. The van der Waals surface area contributed by atoms with Gasteiger partial charge in [-0.3, -0.25) is 14.5 Å². The van der Waals surface area contributed by atoms with Gasteiger partial charge < -0.3 is 4.90 Å². The highest BCUT2D eigenvalue weighted by Gasteiger charge is 2.55. The quantitative estimate of drug-likeness (QED) is 0.550. The van der Waals surface area contributed by atoms with Crippen molar-refractivity contribution < 1.29 is 27.2 Å². The number of rotatable bonds is 2. The van der Waals surface area contributed by atoms with Crippen LogP contribution in [0, 0.1) is 11.7 Å². The maximum absolute atomic E-state index is 13.6. The van der Waals surface area contributed by atoms with Crippen molar-refractivity contribution in [2.24, 2.45) is 5.92 Å². The molecular formula is C15H14Cl2F4N2O2. The van der Waals surface area contributed by atoms with Crippen molar-refractivity contribution in [2.75, 3.05) is 4.90 Å². The van der Waals surface area contributed by atoms with Gasteiger partial charge in [-0.15, -0.1) is 0 Å². The van der Waals surface area contributed by atoms with Gasteiger partial charge in [0.05, 0.1) is 10.0 Å². The first-order valence-electron chi connectivity index (χ1n) is 7.25. The Labute approximate surface area is 151 Å². The van der Waals surface area contributed by atoms with Crippen LogP contribution in [0.2, 0.25) is 10.0 Å². The summed E-state index contributed by atoms with van der Waals surface area (Å²) in [6, 6.07) is 0.832. The number of benzene rings is 1. The average Bonchev–Trinajstić information content (AvgIpc) is 2.75. The minimum absolute atomic E-state index is 0.0180. The SMILES string of the molecule is CC(C)[C@@H]1N(c2cc(Cl)c(F)c(Cl)c2)C(=O)[C@@H](C)N1C(=O)C(F)(F)F. The standard InChI is InChI=1S/C15H14Cl2F4N2O2/c1-6(2)12-22(14(25)15(19,20)21)7(3)13(24)23(12)8-4-9(16)11(18)10(17)5-8/h4-7,12H,1-3H3/t7-,12+/m1/s1. The summed E-state index contributed by atoms with van der Waals surface area (Å²) in [4.78, 5) is 25.8. The molecule has 2 rings (SSSR count). The Morgan fingerprint density at radius 1 is 1.20 bits per heavy atom. The van der Waals surface area contributed by atoms with Gasteiger partial charge in [-0.1, -0.05) is 37.0 Å². The van der Waals surface area contributed by atoms with E-state index in [1.54, 1.807) is 13.8 Å². The zero-order valence-corrected chi connectivity index (χ0v) is 14.9. The molecule has 1 fully saturated rings. The summed E-state index contributed by atoms with van der Waals surface area (Å²) in [7, 11) is 0. The molecule has 0 radical (unpaired) electrons. The number of anilines is 1. The van der Waals surface area contributed by atoms with E-state index in [4.69, 9.17) is 23.2 Å². The summed E-state index contributed by atoms with van der Waals surface area (Å²) in [6.07, 6.45) is -6.34. The Balaban J connectivity index is 2.58. The molecule has 1 aromatic rings. The molecule has 0 aliphatic carbocycles. The van der Waals surface area contributed by atoms with Crippen LogP contribution in [0.1, 0.15) is 20.8 Å². The lowest BCUT2D eigenvalue weighted by atomic mass is 10.1. The van der Waals surface area contributed by atoms with Crippen LogP contribution in [0.5, 0.6) is 0 Å². The van der Waals surface area contributed by atoms with Crippen LogP contribution in [0.15, 0.2) is 12.1 Å². The molecule has 0 N–H and O–H groups in total. The number of nitrogens with zero attached hydrogens (tertiary/aromatic N) is 2. The number of hydrogen-bond donors (Lipinski definition) is 0. The first-order chi connectivity index (χ1) is 11.4. The van der Waals surface area contributed by atoms with Crippen LogP contribution in [0.3, 0.4) is 0 Å². The van der Waals surface area contributed by atoms with Crippen LogP contribution in [0.25, 0.3) is 0 Å². The van der Waals surface area contributed by atoms with Crippen molar-refractivity contribution in [3.05, 3.63) is 28.0 Å². The smallest absolute Gasteiger partial charge is 0.302 e. The molecule has 138 valence electrons. The van der Waals surface area contributed by atoms with E-state index in [1.807, 2.05) is 0 Å². The zero-order chi connectivity index (χ0) is 19.3. The van der Waals surface area contributed by atoms with E-state index < -0.39 is 41.9 Å². The van der Waals surface area contributed by atoms with Crippen molar-refractivity contribution >= 4 is 40.7 Å². The number of carbonyl (C=O) groups is 2. The minimum Gasteiger partial charge on any atom is -0.302 e. The Morgan fingerprint density at radius 2 is 1.68 bits per heavy atom. The minimum atomic E-state index is -5.13. The predicted molar refractivity (Wildman–Crippen MR) is 84.9 cm³/mol. The fourth-order valence-electron chi connectivity index (χ4n) is 2.83. The number of alkyl halides is 3. The Bertz CT molecular complexity index is 701. The van der Waals surface area contributed by atoms with Crippen molar-refractivity contribution in [1.29, 1.82) is 0 Å². The van der Waals surface area contributed by atoms with Crippen LogP contribution in [-0.4, -0.2) is 35.1 Å². The molecule has 1 aromatic carbocycles. The summed E-state index contributed by atoms with van der Waals surface area (Å²) < 4.78 is 52.4. The van der Waals surface area contributed by atoms with Crippen LogP contribution < -0.4 is 4.90 Å². The Hall–Kier alpha value is -1.54. The molecule has 0 aromatic heterocycles. The highest BCUT2D eigenvalue weighted by atomic mass is 35.5. The van der Waals surface area contributed by atoms with Crippen LogP contribution in [0.4, 0.5) is 23.2 Å². The van der Waals surface area contributed by atoms with Gasteiger partial charge in [-0.25, -0.2) is 4.39 Å². The number of hydrogen-bond acceptors (Lipinski definition) is 2. The Morgan fingerprint density at radius 3 is 2.08 bits per heavy atom. The van der Waals surface area contributed by atoms with E-state index in [0.717, 1.165) is 17.0 Å². The van der Waals surface area contributed by atoms with Gasteiger partial charge in [0.15, 0.2) is 5.82 Å². The molecule has 1 aliphatic rings. The van der Waals surface area contributed by atoms with Crippen molar-refractivity contribution in [3.8, 4) is 0 Å². The van der Waals surface area contributed by atoms with Crippen molar-refractivity contribution in [2.45, 2.75) is 39.2 Å². The van der Waals surface area contributed by atoms with E-state index >= 15 is 0 Å². The third-order valence-corrected chi connectivity index (χ3v) is 4.43. The monoisotopic (exact) mass is 400 g/mol. The van der Waals surface area contributed by atoms with Crippen molar-refractivity contribution in [3.63, 3.8) is 0 Å². The maximum Gasteiger partial charge on any atom is 0.471 e. The first-order valence-corrected chi connectivity index (χ1v) is 8.00. The lowest BCUT2D eigenvalue weighted by molar-refractivity contribution is -0.189. The van der Waals surface area contributed by atoms with Crippen molar-refractivity contribution in [1.82, 2.24) is 4.90 Å². The maximum atomic E-state index is 13.6. The first kappa shape index (κ1) is 19.8. The second kappa shape index (κ2) is 6.64. The van der Waals surface area contributed by atoms with E-state index in [1.165, 1.54) is 6.92 Å². The highest BCUT2D eigenvalue weighted by Crippen LogP contribution is 2.38. The molecule has 2 amide bonds. The topological polar surface area (TPSA) is 40.6 Å². The lowest BCUT2D eigenvalue weighted by Gasteiger charge is -2.34. The van der Waals surface area contributed by atoms with Gasteiger partial charge in [-0.05, 0) is 25.0 Å². The molecule has 0 bridgehead atoms. The van der Waals surface area contributed by atoms with Gasteiger partial charge in [0.1, 0.15) is 12.2 Å². The summed E-state index contributed by atoms with van der Waals surface area (Å²) in [5, 5.41) is -0.767. The number of halogens is 6. The van der Waals surface area contributed by atoms with E-state index in [-0.39, 0.29) is 15.7 Å². The van der Waals surface area contributed by atoms with E-state index in [2.05, 4.69) is 0 Å². The molecule has 0 spiro atoms. The summed E-state index contributed by atoms with van der Waals surface area (Å²) in [6.45, 7) is 4.33. The summed E-state index contributed by atoms with van der Waals surface area (Å²) in [5.74, 6) is -4.30.